The lowest BCUT2D eigenvalue weighted by atomic mass is 10.2. The fourth-order valence-electron chi connectivity index (χ4n) is 1.12. The number of nitro groups is 1. The lowest BCUT2D eigenvalue weighted by Crippen LogP contribution is -2.12. The lowest BCUT2D eigenvalue weighted by Gasteiger charge is -2.05. The van der Waals surface area contributed by atoms with Crippen LogP contribution in [-0.4, -0.2) is 21.9 Å². The predicted molar refractivity (Wildman–Crippen MR) is 58.4 cm³/mol. The Balaban J connectivity index is 3.12. The van der Waals surface area contributed by atoms with E-state index in [4.69, 9.17) is 5.11 Å². The van der Waals surface area contributed by atoms with Gasteiger partial charge in [-0.3, -0.25) is 14.9 Å². The highest BCUT2D eigenvalue weighted by Gasteiger charge is 2.22. The number of halogens is 2. The summed E-state index contributed by atoms with van der Waals surface area (Å²) in [5, 5.41) is 20.6. The number of nitrogens with zero attached hydrogens (tertiary/aromatic N) is 1. The number of hydrogen-bond acceptors (Lipinski definition) is 4. The average molecular weight is 272 g/mol. The fourth-order valence-corrected chi connectivity index (χ4v) is 1.12. The Morgan fingerprint density at radius 3 is 2.47 bits per heavy atom. The molecule has 0 saturated heterocycles. The van der Waals surface area contributed by atoms with Gasteiger partial charge in [-0.1, -0.05) is 0 Å². The zero-order chi connectivity index (χ0) is 14.6. The normalized spacial score (nSPS) is 10.4. The van der Waals surface area contributed by atoms with Crippen molar-refractivity contribution < 1.29 is 28.4 Å². The van der Waals surface area contributed by atoms with Gasteiger partial charge in [0.1, 0.15) is 0 Å². The minimum atomic E-state index is -1.61. The summed E-state index contributed by atoms with van der Waals surface area (Å²) in [5.74, 6) is -5.58. The zero-order valence-electron chi connectivity index (χ0n) is 9.09. The molecule has 0 spiro atoms. The molecule has 19 heavy (non-hydrogen) atoms. The first-order valence-corrected chi connectivity index (χ1v) is 4.67. The van der Waals surface area contributed by atoms with E-state index < -0.39 is 39.8 Å². The first kappa shape index (κ1) is 14.2. The summed E-state index contributed by atoms with van der Waals surface area (Å²) in [5.41, 5.74) is -1.82. The fraction of sp³-hybridized carbons (Fsp3) is 0. The number of hydrogen-bond donors (Lipinski definition) is 2. The maximum Gasteiger partial charge on any atom is 0.328 e. The first-order valence-electron chi connectivity index (χ1n) is 4.67. The quantitative estimate of drug-likeness (QED) is 0.489. The number of carboxylic acid groups (broad SMARTS) is 1. The van der Waals surface area contributed by atoms with E-state index in [-0.39, 0.29) is 0 Å². The van der Waals surface area contributed by atoms with Crippen molar-refractivity contribution in [3.05, 3.63) is 46.0 Å². The second-order valence-corrected chi connectivity index (χ2v) is 3.17. The number of carboxylic acids is 1. The van der Waals surface area contributed by atoms with Crippen LogP contribution in [-0.2, 0) is 9.59 Å². The van der Waals surface area contributed by atoms with Crippen LogP contribution in [0.15, 0.2) is 24.3 Å². The van der Waals surface area contributed by atoms with Gasteiger partial charge in [0.2, 0.25) is 5.91 Å². The van der Waals surface area contributed by atoms with Crippen LogP contribution in [0.2, 0.25) is 0 Å². The van der Waals surface area contributed by atoms with E-state index in [0.717, 1.165) is 0 Å². The average Bonchev–Trinajstić information content (AvgIpc) is 2.32. The molecule has 9 heteroatoms. The van der Waals surface area contributed by atoms with Gasteiger partial charge >= 0.3 is 5.97 Å². The predicted octanol–water partition coefficient (Wildman–Crippen LogP) is 1.45. The molecule has 0 aliphatic carbocycles. The zero-order valence-corrected chi connectivity index (χ0v) is 9.09. The van der Waals surface area contributed by atoms with E-state index in [9.17, 15) is 28.5 Å². The van der Waals surface area contributed by atoms with Gasteiger partial charge in [-0.05, 0) is 6.07 Å². The number of nitro benzene ring substituents is 1. The van der Waals surface area contributed by atoms with Crippen LogP contribution >= 0.6 is 0 Å². The Kier molecular flexibility index (Phi) is 4.24. The molecular formula is C10H6F2N2O5. The molecule has 0 radical (unpaired) electrons. The minimum absolute atomic E-state index is 0.443. The van der Waals surface area contributed by atoms with Crippen molar-refractivity contribution in [2.75, 3.05) is 5.32 Å². The summed E-state index contributed by atoms with van der Waals surface area (Å²) in [6.45, 7) is 0. The van der Waals surface area contributed by atoms with Crippen molar-refractivity contribution in [2.45, 2.75) is 0 Å². The molecule has 0 bridgehead atoms. The Morgan fingerprint density at radius 2 is 1.95 bits per heavy atom. The molecule has 0 heterocycles. The highest BCUT2D eigenvalue weighted by molar-refractivity contribution is 6.03. The minimum Gasteiger partial charge on any atom is -0.478 e. The highest BCUT2D eigenvalue weighted by Crippen LogP contribution is 2.28. The van der Waals surface area contributed by atoms with Crippen molar-refractivity contribution >= 4 is 23.3 Å². The Bertz CT molecular complexity index is 586. The molecule has 0 unspecified atom stereocenters. The van der Waals surface area contributed by atoms with Crippen LogP contribution in [0.3, 0.4) is 0 Å². The molecular weight excluding hydrogens is 266 g/mol. The number of carbonyl (C=O) groups is 2. The number of nitrogens with one attached hydrogen (secondary N) is 1. The Labute approximate surface area is 104 Å². The highest BCUT2D eigenvalue weighted by atomic mass is 19.2. The largest absolute Gasteiger partial charge is 0.478 e. The van der Waals surface area contributed by atoms with Gasteiger partial charge in [0, 0.05) is 18.2 Å². The third-order valence-electron chi connectivity index (χ3n) is 1.90. The number of amides is 1. The molecule has 0 aliphatic heterocycles. The van der Waals surface area contributed by atoms with E-state index in [1.807, 2.05) is 0 Å². The topological polar surface area (TPSA) is 110 Å². The third kappa shape index (κ3) is 3.56. The van der Waals surface area contributed by atoms with Crippen molar-refractivity contribution in [2.24, 2.45) is 0 Å². The molecule has 2 N–H and O–H groups in total. The maximum absolute atomic E-state index is 13.3. The van der Waals surface area contributed by atoms with E-state index in [1.54, 1.807) is 5.32 Å². The Morgan fingerprint density at radius 1 is 1.32 bits per heavy atom. The third-order valence-corrected chi connectivity index (χ3v) is 1.90. The molecule has 1 aromatic rings. The van der Waals surface area contributed by atoms with Crippen LogP contribution in [0.4, 0.5) is 20.2 Å². The number of aliphatic carboxylic acids is 1. The van der Waals surface area contributed by atoms with E-state index >= 15 is 0 Å². The summed E-state index contributed by atoms with van der Waals surface area (Å²) in [6.07, 6.45) is 0.953. The summed E-state index contributed by atoms with van der Waals surface area (Å²) >= 11 is 0. The van der Waals surface area contributed by atoms with Crippen LogP contribution in [0.25, 0.3) is 0 Å². The lowest BCUT2D eigenvalue weighted by molar-refractivity contribution is -0.384. The maximum atomic E-state index is 13.3. The SMILES string of the molecule is O=C(O)/C=C/C(=O)Nc1c([N+](=O)[O-])ccc(F)c1F. The molecule has 0 saturated carbocycles. The van der Waals surface area contributed by atoms with Crippen molar-refractivity contribution in [3.8, 4) is 0 Å². The monoisotopic (exact) mass is 272 g/mol. The Hall–Kier alpha value is -2.84. The van der Waals surface area contributed by atoms with Crippen molar-refractivity contribution in [1.82, 2.24) is 0 Å². The van der Waals surface area contributed by atoms with Crippen LogP contribution in [0, 0.1) is 21.7 Å². The van der Waals surface area contributed by atoms with E-state index in [2.05, 4.69) is 0 Å². The molecule has 0 aromatic heterocycles. The summed E-state index contributed by atoms with van der Waals surface area (Å²) < 4.78 is 26.3. The molecule has 1 rings (SSSR count). The second kappa shape index (κ2) is 5.67. The molecule has 0 atom stereocenters. The van der Waals surface area contributed by atoms with Crippen LogP contribution in [0.1, 0.15) is 0 Å². The first-order chi connectivity index (χ1) is 8.82. The van der Waals surface area contributed by atoms with Gasteiger partial charge in [0.25, 0.3) is 5.69 Å². The van der Waals surface area contributed by atoms with Crippen LogP contribution < -0.4 is 5.32 Å². The number of rotatable bonds is 4. The van der Waals surface area contributed by atoms with E-state index in [1.165, 1.54) is 0 Å². The molecule has 1 aromatic carbocycles. The van der Waals surface area contributed by atoms with Gasteiger partial charge < -0.3 is 10.4 Å². The number of anilines is 1. The number of benzene rings is 1. The second-order valence-electron chi connectivity index (χ2n) is 3.17. The van der Waals surface area contributed by atoms with Gasteiger partial charge in [0.15, 0.2) is 17.3 Å². The van der Waals surface area contributed by atoms with Gasteiger partial charge in [-0.15, -0.1) is 0 Å². The van der Waals surface area contributed by atoms with Crippen molar-refractivity contribution in [1.29, 1.82) is 0 Å². The molecule has 100 valence electrons. The summed E-state index contributed by atoms with van der Waals surface area (Å²) in [7, 11) is 0. The standard InChI is InChI=1S/C10H6F2N2O5/c11-5-1-2-6(14(18)19)10(9(5)12)13-7(15)3-4-8(16)17/h1-4H,(H,13,15)(H,16,17)/b4-3+. The van der Waals surface area contributed by atoms with Gasteiger partial charge in [-0.25, -0.2) is 13.6 Å². The smallest absolute Gasteiger partial charge is 0.328 e. The summed E-state index contributed by atoms with van der Waals surface area (Å²) in [6, 6.07) is 1.21. The van der Waals surface area contributed by atoms with Gasteiger partial charge in [-0.2, -0.15) is 0 Å². The van der Waals surface area contributed by atoms with Gasteiger partial charge in [0.05, 0.1) is 4.92 Å². The van der Waals surface area contributed by atoms with Crippen LogP contribution in [0.5, 0.6) is 0 Å². The van der Waals surface area contributed by atoms with E-state index in [0.29, 0.717) is 24.3 Å². The number of carbonyl (C=O) groups excluding carboxylic acids is 1. The molecule has 0 fully saturated rings. The molecule has 7 nitrogen and oxygen atoms in total. The molecule has 0 aliphatic rings. The van der Waals surface area contributed by atoms with Crippen molar-refractivity contribution in [3.63, 3.8) is 0 Å². The summed E-state index contributed by atoms with van der Waals surface area (Å²) in [4.78, 5) is 30.9. The molecule has 1 amide bonds.